The number of nitrogens with zero attached hydrogens (tertiary/aromatic N) is 6. The standard InChI is InChI=1S/3C19H12N2.3C3H9BP.3C2H6/c3*1-2-9-15-13(7-1)14-8-3-5-11-17(14)21-18-12-6-4-10-16(18)20-19(15)21;3*1-5(2,3)4;3*1-2/h3*1-12H;3*1-3H3;3*1-2H3. The fourth-order valence-electron chi connectivity index (χ4n) is 9.78. The first-order chi connectivity index (χ1) is 40.3. The largest absolute Gasteiger partial charge is 0.292 e. The molecule has 423 valence electrons. The third-order valence-electron chi connectivity index (χ3n) is 12.5. The van der Waals surface area contributed by atoms with E-state index < -0.39 is 20.3 Å². The Bertz CT molecular complexity index is 4360. The molecule has 6 aromatic heterocycles. The predicted molar refractivity (Wildman–Crippen MR) is 389 cm³/mol. The third-order valence-corrected chi connectivity index (χ3v) is 12.5. The van der Waals surface area contributed by atoms with Crippen LogP contribution in [0.3, 0.4) is 0 Å². The zero-order chi connectivity index (χ0) is 60.9. The summed E-state index contributed by atoms with van der Waals surface area (Å²) in [6, 6.07) is 76.1. The summed E-state index contributed by atoms with van der Waals surface area (Å²) in [5, 5.41) is 11.2. The molecule has 0 aliphatic rings. The normalized spacial score (nSPS) is 11.1. The molecule has 0 aliphatic heterocycles. The van der Waals surface area contributed by atoms with Crippen LogP contribution in [0.2, 0.25) is 0 Å². The summed E-state index contributed by atoms with van der Waals surface area (Å²) in [7, 11) is 16.4. The van der Waals surface area contributed by atoms with Crippen molar-refractivity contribution in [3.05, 3.63) is 218 Å². The second-order valence-corrected chi connectivity index (χ2v) is 35.0. The van der Waals surface area contributed by atoms with Crippen molar-refractivity contribution in [3.63, 3.8) is 0 Å². The minimum absolute atomic E-state index is 0.889. The molecule has 0 amide bonds. The molecule has 0 saturated carbocycles. The van der Waals surface area contributed by atoms with E-state index in [2.05, 4.69) is 273 Å². The average molecular weight is 1160 g/mol. The summed E-state index contributed by atoms with van der Waals surface area (Å²) in [5.74, 6) is 0. The number of para-hydroxylation sites is 9. The summed E-state index contributed by atoms with van der Waals surface area (Å²) >= 11 is 0. The van der Waals surface area contributed by atoms with Gasteiger partial charge in [-0.05, 0) is 70.8 Å². The fraction of sp³-hybridized carbons (Fsp3) is 0.208. The van der Waals surface area contributed by atoms with Gasteiger partial charge in [0.2, 0.25) is 0 Å². The maximum Gasteiger partial charge on any atom is 0.146 e. The fourth-order valence-corrected chi connectivity index (χ4v) is 9.78. The van der Waals surface area contributed by atoms with Gasteiger partial charge in [-0.2, -0.15) is 0 Å². The maximum absolute atomic E-state index is 5.47. The summed E-state index contributed by atoms with van der Waals surface area (Å²) in [4.78, 5) is 14.6. The van der Waals surface area contributed by atoms with E-state index in [-0.39, 0.29) is 0 Å². The average Bonchev–Trinajstić information content (AvgIpc) is 2.12. The Balaban J connectivity index is 0.000000155. The molecule has 12 heteroatoms. The van der Waals surface area contributed by atoms with Crippen LogP contribution < -0.4 is 0 Å². The molecule has 0 saturated heterocycles. The Morgan fingerprint density at radius 3 is 0.595 bits per heavy atom. The van der Waals surface area contributed by atoms with Crippen LogP contribution >= 0.6 is 20.3 Å². The SMILES string of the molecule is CC.CC.CC.[B]=P(C)(C)C.[B]=P(C)(C)C.[B]=P(C)(C)C.c1ccc2c(c1)nc1c3ccccc3c3ccccc3n21.c1ccc2c(c1)nc1c3ccccc3c3ccccc3n21.c1ccc2c(c1)nc1c3ccccc3c3ccccc3n21. The van der Waals surface area contributed by atoms with Crippen molar-refractivity contribution in [2.24, 2.45) is 0 Å². The van der Waals surface area contributed by atoms with E-state index in [4.69, 9.17) is 36.5 Å². The van der Waals surface area contributed by atoms with Crippen LogP contribution in [0.15, 0.2) is 218 Å². The van der Waals surface area contributed by atoms with Gasteiger partial charge < -0.3 is 0 Å². The van der Waals surface area contributed by atoms with Gasteiger partial charge >= 0.3 is 102 Å². The zero-order valence-corrected chi connectivity index (χ0v) is 54.7. The zero-order valence-electron chi connectivity index (χ0n) is 52.0. The Labute approximate surface area is 501 Å². The van der Waals surface area contributed by atoms with Crippen LogP contribution in [0, 0.1) is 0 Å². The topological polar surface area (TPSA) is 51.9 Å². The molecule has 0 aliphatic carbocycles. The first kappa shape index (κ1) is 64.4. The Hall–Kier alpha value is -7.13. The smallest absolute Gasteiger partial charge is 0.146 e. The van der Waals surface area contributed by atoms with Gasteiger partial charge in [0.25, 0.3) is 0 Å². The number of benzene rings is 9. The van der Waals surface area contributed by atoms with Crippen LogP contribution in [0.25, 0.3) is 115 Å². The van der Waals surface area contributed by atoms with E-state index in [0.717, 1.165) is 50.0 Å². The van der Waals surface area contributed by atoms with Gasteiger partial charge in [0.1, 0.15) is 16.9 Å². The number of pyridine rings is 3. The minimum atomic E-state index is -0.889. The molecule has 0 bridgehead atoms. The van der Waals surface area contributed by atoms with Gasteiger partial charge in [-0.15, -0.1) is 0 Å². The van der Waals surface area contributed by atoms with Crippen LogP contribution in [0.4, 0.5) is 0 Å². The molecule has 0 fully saturated rings. The molecule has 6 heterocycles. The molecule has 3 radical (unpaired) electrons. The molecule has 0 N–H and O–H groups in total. The maximum atomic E-state index is 5.47. The van der Waals surface area contributed by atoms with Gasteiger partial charge in [-0.3, -0.25) is 13.2 Å². The van der Waals surface area contributed by atoms with Gasteiger partial charge in [0.15, 0.2) is 0 Å². The van der Waals surface area contributed by atoms with Crippen LogP contribution in [0.1, 0.15) is 41.5 Å². The van der Waals surface area contributed by atoms with E-state index in [9.17, 15) is 0 Å². The number of rotatable bonds is 0. The Kier molecular flexibility index (Phi) is 22.0. The second kappa shape index (κ2) is 28.6. The Morgan fingerprint density at radius 2 is 0.381 bits per heavy atom. The minimum Gasteiger partial charge on any atom is -0.292 e. The Morgan fingerprint density at radius 1 is 0.226 bits per heavy atom. The van der Waals surface area contributed by atoms with Crippen molar-refractivity contribution < 1.29 is 0 Å². The summed E-state index contributed by atoms with van der Waals surface area (Å²) in [6.07, 6.45) is 0. The van der Waals surface area contributed by atoms with Crippen molar-refractivity contribution >= 4 is 157 Å². The molecule has 6 nitrogen and oxygen atoms in total. The molecule has 0 spiro atoms. The molecule has 84 heavy (non-hydrogen) atoms. The van der Waals surface area contributed by atoms with Crippen LogP contribution in [-0.2, 0) is 0 Å². The van der Waals surface area contributed by atoms with E-state index in [1.165, 1.54) is 65.0 Å². The summed E-state index contributed by atoms with van der Waals surface area (Å²) < 4.78 is 6.81. The third kappa shape index (κ3) is 15.2. The van der Waals surface area contributed by atoms with Crippen LogP contribution in [0.5, 0.6) is 0 Å². The van der Waals surface area contributed by atoms with E-state index >= 15 is 0 Å². The summed E-state index contributed by atoms with van der Waals surface area (Å²) in [6.45, 7) is 28.0. The predicted octanol–water partition coefficient (Wildman–Crippen LogP) is 20.4. The number of imidazole rings is 3. The molecular weight excluding hydrogens is 1070 g/mol. The first-order valence-electron chi connectivity index (χ1n) is 29.1. The van der Waals surface area contributed by atoms with Gasteiger partial charge in [0.05, 0.1) is 49.7 Å². The molecule has 0 unspecified atom stereocenters. The van der Waals surface area contributed by atoms with Crippen LogP contribution in [-0.4, -0.2) is 110 Å². The number of hydrogen-bond donors (Lipinski definition) is 0. The first-order valence-corrected chi connectivity index (χ1v) is 38.7. The van der Waals surface area contributed by atoms with Crippen molar-refractivity contribution in [3.8, 4) is 0 Å². The van der Waals surface area contributed by atoms with Crippen molar-refractivity contribution in [2.75, 3.05) is 60.0 Å². The van der Waals surface area contributed by atoms with Crippen molar-refractivity contribution in [1.29, 1.82) is 0 Å². The molecule has 0 atom stereocenters. The number of fused-ring (bicyclic) bond motifs is 24. The molecule has 9 aromatic carbocycles. The van der Waals surface area contributed by atoms with E-state index in [1.807, 2.05) is 59.7 Å². The molecule has 15 aromatic rings. The summed E-state index contributed by atoms with van der Waals surface area (Å²) in [5.41, 5.74) is 13.3. The monoisotopic (exact) mass is 1160 g/mol. The molecule has 15 rings (SSSR count). The van der Waals surface area contributed by atoms with Crippen molar-refractivity contribution in [2.45, 2.75) is 41.5 Å². The van der Waals surface area contributed by atoms with E-state index in [0.29, 0.717) is 0 Å². The van der Waals surface area contributed by atoms with Gasteiger partial charge in [-0.25, -0.2) is 15.0 Å². The number of hydrogen-bond acceptors (Lipinski definition) is 3. The second-order valence-electron chi connectivity index (χ2n) is 22.3. The van der Waals surface area contributed by atoms with Crippen molar-refractivity contribution in [1.82, 2.24) is 28.2 Å². The van der Waals surface area contributed by atoms with Gasteiger partial charge in [0, 0.05) is 32.3 Å². The number of aromatic nitrogens is 6. The van der Waals surface area contributed by atoms with Gasteiger partial charge in [-0.1, -0.05) is 205 Å². The van der Waals surface area contributed by atoms with E-state index in [1.54, 1.807) is 0 Å². The molecular formula is C72H81B3N6P3. The quantitative estimate of drug-likeness (QED) is 0.0864.